The highest BCUT2D eigenvalue weighted by atomic mass is 127. The molecule has 0 aromatic rings. The second-order valence-corrected chi connectivity index (χ2v) is 4.65. The highest BCUT2D eigenvalue weighted by Crippen LogP contribution is 2.14. The Morgan fingerprint density at radius 3 is 2.71 bits per heavy atom. The molecule has 21 heavy (non-hydrogen) atoms. The molecule has 0 bridgehead atoms. The van der Waals surface area contributed by atoms with Crippen LogP contribution in [0.2, 0.25) is 0 Å². The fraction of sp³-hybridized carbons (Fsp3) is 0.917. The molecule has 0 saturated carbocycles. The predicted octanol–water partition coefficient (Wildman–Crippen LogP) is 1.61. The molecule has 0 unspecified atom stereocenters. The molecule has 0 aromatic heterocycles. The molecule has 0 aromatic carbocycles. The highest BCUT2D eigenvalue weighted by molar-refractivity contribution is 14.0. The van der Waals surface area contributed by atoms with Gasteiger partial charge < -0.3 is 20.1 Å². The van der Waals surface area contributed by atoms with Crippen molar-refractivity contribution in [3.8, 4) is 0 Å². The lowest BCUT2D eigenvalue weighted by Gasteiger charge is -2.20. The maximum atomic E-state index is 11.8. The van der Waals surface area contributed by atoms with Gasteiger partial charge in [0.25, 0.3) is 0 Å². The first-order chi connectivity index (χ1) is 9.42. The zero-order valence-electron chi connectivity index (χ0n) is 12.0. The van der Waals surface area contributed by atoms with Crippen LogP contribution in [0.3, 0.4) is 0 Å². The summed E-state index contributed by atoms with van der Waals surface area (Å²) in [4.78, 5) is 6.27. The smallest absolute Gasteiger partial charge is 0.391 e. The van der Waals surface area contributed by atoms with E-state index in [0.717, 1.165) is 6.54 Å². The number of nitrogens with one attached hydrogen (secondary N) is 1. The third kappa shape index (κ3) is 9.35. The van der Waals surface area contributed by atoms with E-state index in [2.05, 4.69) is 15.0 Å². The van der Waals surface area contributed by atoms with Gasteiger partial charge in [-0.05, 0) is 19.8 Å². The molecule has 5 nitrogen and oxygen atoms in total. The Balaban J connectivity index is 0.00000400. The fourth-order valence-corrected chi connectivity index (χ4v) is 1.90. The van der Waals surface area contributed by atoms with E-state index in [-0.39, 0.29) is 36.7 Å². The van der Waals surface area contributed by atoms with Crippen molar-refractivity contribution in [1.82, 2.24) is 10.2 Å². The van der Waals surface area contributed by atoms with Gasteiger partial charge in [-0.3, -0.25) is 4.99 Å². The summed E-state index contributed by atoms with van der Waals surface area (Å²) in [5.41, 5.74) is 0. The van der Waals surface area contributed by atoms with E-state index in [1.165, 1.54) is 0 Å². The minimum absolute atomic E-state index is 0. The van der Waals surface area contributed by atoms with Gasteiger partial charge in [-0.1, -0.05) is 0 Å². The van der Waals surface area contributed by atoms with Crippen LogP contribution in [-0.2, 0) is 4.74 Å². The summed E-state index contributed by atoms with van der Waals surface area (Å²) in [6.45, 7) is 3.13. The molecule has 1 rings (SSSR count). The Labute approximate surface area is 140 Å². The van der Waals surface area contributed by atoms with E-state index in [0.29, 0.717) is 38.4 Å². The number of aliphatic hydroxyl groups is 1. The highest BCUT2D eigenvalue weighted by Gasteiger charge is 2.27. The summed E-state index contributed by atoms with van der Waals surface area (Å²) in [5.74, 6) is 0.694. The van der Waals surface area contributed by atoms with Crippen LogP contribution in [0.25, 0.3) is 0 Å². The number of rotatable bonds is 6. The van der Waals surface area contributed by atoms with Crippen LogP contribution in [0.4, 0.5) is 13.2 Å². The van der Waals surface area contributed by atoms with E-state index in [9.17, 15) is 18.3 Å². The van der Waals surface area contributed by atoms with Crippen molar-refractivity contribution in [2.45, 2.75) is 32.0 Å². The predicted molar refractivity (Wildman–Crippen MR) is 85.1 cm³/mol. The number of hydrogen-bond donors (Lipinski definition) is 2. The third-order valence-electron chi connectivity index (χ3n) is 2.77. The molecular weight excluding hydrogens is 402 g/mol. The van der Waals surface area contributed by atoms with Gasteiger partial charge >= 0.3 is 6.18 Å². The number of hydrogen-bond acceptors (Lipinski definition) is 3. The summed E-state index contributed by atoms with van der Waals surface area (Å²) >= 11 is 0. The zero-order chi connectivity index (χ0) is 15.0. The second kappa shape index (κ2) is 10.4. The molecule has 1 saturated heterocycles. The molecule has 126 valence electrons. The number of likely N-dealkylation sites (tertiary alicyclic amines) is 1. The number of ether oxygens (including phenoxy) is 1. The number of β-amino-alcohol motifs (C(OH)–C–C–N with tert-alkyl or cyclic N) is 1. The van der Waals surface area contributed by atoms with Gasteiger partial charge in [-0.2, -0.15) is 13.2 Å². The average Bonchev–Trinajstić information content (AvgIpc) is 2.77. The van der Waals surface area contributed by atoms with E-state index in [4.69, 9.17) is 0 Å². The fourth-order valence-electron chi connectivity index (χ4n) is 1.90. The molecule has 1 heterocycles. The van der Waals surface area contributed by atoms with Crippen LogP contribution in [0.15, 0.2) is 4.99 Å². The van der Waals surface area contributed by atoms with E-state index in [1.54, 1.807) is 0 Å². The molecule has 1 fully saturated rings. The van der Waals surface area contributed by atoms with E-state index < -0.39 is 12.8 Å². The van der Waals surface area contributed by atoms with Crippen LogP contribution in [-0.4, -0.2) is 67.6 Å². The SMILES string of the molecule is CCNC(=NCCCOCC(F)(F)F)N1CC[C@@H](O)C1.I. The van der Waals surface area contributed by atoms with Crippen molar-refractivity contribution in [2.75, 3.05) is 39.4 Å². The number of halogens is 4. The first kappa shape index (κ1) is 20.7. The third-order valence-corrected chi connectivity index (χ3v) is 2.77. The number of alkyl halides is 3. The van der Waals surface area contributed by atoms with Crippen molar-refractivity contribution in [3.05, 3.63) is 0 Å². The summed E-state index contributed by atoms with van der Waals surface area (Å²) in [6.07, 6.45) is -3.47. The Hall–Kier alpha value is -0.290. The lowest BCUT2D eigenvalue weighted by molar-refractivity contribution is -0.173. The lowest BCUT2D eigenvalue weighted by atomic mass is 10.3. The number of aliphatic hydroxyl groups excluding tert-OH is 1. The number of aliphatic imine (C=N–C) groups is 1. The van der Waals surface area contributed by atoms with Crippen LogP contribution in [0.5, 0.6) is 0 Å². The topological polar surface area (TPSA) is 57.1 Å². The van der Waals surface area contributed by atoms with Gasteiger partial charge in [0.1, 0.15) is 6.61 Å². The lowest BCUT2D eigenvalue weighted by Crippen LogP contribution is -2.40. The molecule has 1 aliphatic rings. The molecule has 0 spiro atoms. The van der Waals surface area contributed by atoms with Crippen LogP contribution >= 0.6 is 24.0 Å². The summed E-state index contributed by atoms with van der Waals surface area (Å²) < 4.78 is 40.0. The van der Waals surface area contributed by atoms with Crippen molar-refractivity contribution in [2.24, 2.45) is 4.99 Å². The van der Waals surface area contributed by atoms with Crippen LogP contribution in [0, 0.1) is 0 Å². The normalized spacial score (nSPS) is 19.6. The van der Waals surface area contributed by atoms with E-state index in [1.807, 2.05) is 11.8 Å². The van der Waals surface area contributed by atoms with Crippen molar-refractivity contribution in [1.29, 1.82) is 0 Å². The first-order valence-electron chi connectivity index (χ1n) is 6.78. The molecule has 0 amide bonds. The van der Waals surface area contributed by atoms with Crippen molar-refractivity contribution < 1.29 is 23.0 Å². The Morgan fingerprint density at radius 1 is 1.48 bits per heavy atom. The molecule has 0 aliphatic carbocycles. The van der Waals surface area contributed by atoms with Gasteiger partial charge in [-0.25, -0.2) is 0 Å². The molecular formula is C12H23F3IN3O2. The maximum Gasteiger partial charge on any atom is 0.411 e. The molecule has 9 heteroatoms. The van der Waals surface area contributed by atoms with Gasteiger partial charge in [0, 0.05) is 32.8 Å². The number of nitrogens with zero attached hydrogens (tertiary/aromatic N) is 2. The van der Waals surface area contributed by atoms with Crippen LogP contribution in [0.1, 0.15) is 19.8 Å². The Kier molecular flexibility index (Phi) is 10.3. The molecule has 1 aliphatic heterocycles. The second-order valence-electron chi connectivity index (χ2n) is 4.65. The van der Waals surface area contributed by atoms with Gasteiger partial charge in [0.05, 0.1) is 6.10 Å². The van der Waals surface area contributed by atoms with Gasteiger partial charge in [0.2, 0.25) is 0 Å². The largest absolute Gasteiger partial charge is 0.411 e. The zero-order valence-corrected chi connectivity index (χ0v) is 14.4. The van der Waals surface area contributed by atoms with Crippen molar-refractivity contribution >= 4 is 29.9 Å². The Morgan fingerprint density at radius 2 is 2.19 bits per heavy atom. The van der Waals surface area contributed by atoms with Gasteiger partial charge in [-0.15, -0.1) is 24.0 Å². The summed E-state index contributed by atoms with van der Waals surface area (Å²) in [7, 11) is 0. The first-order valence-corrected chi connectivity index (χ1v) is 6.78. The monoisotopic (exact) mass is 425 g/mol. The minimum atomic E-state index is -4.27. The van der Waals surface area contributed by atoms with Crippen LogP contribution < -0.4 is 5.32 Å². The van der Waals surface area contributed by atoms with Gasteiger partial charge in [0.15, 0.2) is 5.96 Å². The summed E-state index contributed by atoms with van der Waals surface area (Å²) in [5, 5.41) is 12.6. The standard InChI is InChI=1S/C12H22F3N3O2.HI/c1-2-16-11(18-6-4-10(19)8-18)17-5-3-7-20-9-12(13,14)15;/h10,19H,2-9H2,1H3,(H,16,17);1H/t10-;/m1./s1. The molecule has 0 radical (unpaired) electrons. The molecule has 2 N–H and O–H groups in total. The number of guanidine groups is 1. The van der Waals surface area contributed by atoms with Crippen molar-refractivity contribution in [3.63, 3.8) is 0 Å². The maximum absolute atomic E-state index is 11.8. The molecule has 1 atom stereocenters. The summed E-state index contributed by atoms with van der Waals surface area (Å²) in [6, 6.07) is 0. The minimum Gasteiger partial charge on any atom is -0.391 e. The Bertz CT molecular complexity index is 317. The quantitative estimate of drug-likeness (QED) is 0.294. The average molecular weight is 425 g/mol. The van der Waals surface area contributed by atoms with E-state index >= 15 is 0 Å².